The van der Waals surface area contributed by atoms with E-state index in [1.54, 1.807) is 4.90 Å². The molecule has 0 unspecified atom stereocenters. The lowest BCUT2D eigenvalue weighted by atomic mass is 10.0. The molecule has 0 aromatic carbocycles. The van der Waals surface area contributed by atoms with Crippen molar-refractivity contribution in [3.63, 3.8) is 0 Å². The summed E-state index contributed by atoms with van der Waals surface area (Å²) >= 11 is 0. The van der Waals surface area contributed by atoms with Crippen molar-refractivity contribution in [1.29, 1.82) is 0 Å². The minimum absolute atomic E-state index is 0.0584. The molecular weight excluding hydrogens is 268 g/mol. The number of aliphatic carboxylic acids is 1. The van der Waals surface area contributed by atoms with E-state index < -0.39 is 5.97 Å². The number of hydrogen-bond acceptors (Lipinski definition) is 3. The molecular formula is C16H26N2O3. The minimum Gasteiger partial charge on any atom is -0.480 e. The smallest absolute Gasteiger partial charge is 0.317 e. The molecule has 0 atom stereocenters. The average Bonchev–Trinajstić information content (AvgIpc) is 3.24. The van der Waals surface area contributed by atoms with E-state index >= 15 is 0 Å². The maximum absolute atomic E-state index is 12.6. The van der Waals surface area contributed by atoms with Gasteiger partial charge in [-0.15, -0.1) is 0 Å². The molecule has 0 aliphatic heterocycles. The molecule has 0 aromatic rings. The molecule has 1 fully saturated rings. The van der Waals surface area contributed by atoms with Crippen LogP contribution in [0.3, 0.4) is 0 Å². The lowest BCUT2D eigenvalue weighted by Crippen LogP contribution is -2.43. The van der Waals surface area contributed by atoms with E-state index in [1.807, 2.05) is 11.8 Å². The molecule has 0 saturated heterocycles. The third-order valence-electron chi connectivity index (χ3n) is 4.01. The zero-order valence-electron chi connectivity index (χ0n) is 12.9. The van der Waals surface area contributed by atoms with Gasteiger partial charge in [-0.2, -0.15) is 0 Å². The number of rotatable bonds is 8. The highest BCUT2D eigenvalue weighted by atomic mass is 16.4. The molecule has 1 saturated carbocycles. The standard InChI is InChI=1S/C16H26N2O3/c1-2-10-17(12-16(20)21)11-15(19)18(14-8-9-14)13-6-4-3-5-7-13/h6,14H,2-5,7-12H2,1H3,(H,20,21). The number of amides is 1. The Kier molecular flexibility index (Phi) is 5.79. The molecule has 2 aliphatic rings. The highest BCUT2D eigenvalue weighted by Gasteiger charge is 2.35. The Morgan fingerprint density at radius 3 is 2.57 bits per heavy atom. The summed E-state index contributed by atoms with van der Waals surface area (Å²) < 4.78 is 0. The molecule has 5 nitrogen and oxygen atoms in total. The first kappa shape index (κ1) is 16.0. The number of nitrogens with zero attached hydrogens (tertiary/aromatic N) is 2. The fourth-order valence-electron chi connectivity index (χ4n) is 2.96. The Labute approximate surface area is 126 Å². The molecule has 0 spiro atoms. The summed E-state index contributed by atoms with van der Waals surface area (Å²) in [6, 6.07) is 0.357. The number of hydrogen-bond donors (Lipinski definition) is 1. The first-order valence-corrected chi connectivity index (χ1v) is 8.07. The van der Waals surface area contributed by atoms with Crippen LogP contribution in [0.25, 0.3) is 0 Å². The van der Waals surface area contributed by atoms with Crippen molar-refractivity contribution < 1.29 is 14.7 Å². The summed E-state index contributed by atoms with van der Waals surface area (Å²) in [5.74, 6) is -0.800. The molecule has 0 bridgehead atoms. The number of carboxylic acids is 1. The van der Waals surface area contributed by atoms with Crippen LogP contribution in [0.1, 0.15) is 51.9 Å². The van der Waals surface area contributed by atoms with Crippen LogP contribution in [-0.4, -0.2) is 52.5 Å². The van der Waals surface area contributed by atoms with Gasteiger partial charge >= 0.3 is 5.97 Å². The van der Waals surface area contributed by atoms with E-state index in [0.29, 0.717) is 12.6 Å². The maximum atomic E-state index is 12.6. The van der Waals surface area contributed by atoms with Crippen molar-refractivity contribution in [1.82, 2.24) is 9.80 Å². The van der Waals surface area contributed by atoms with Crippen LogP contribution in [0.4, 0.5) is 0 Å². The largest absolute Gasteiger partial charge is 0.480 e. The Balaban J connectivity index is 2.00. The van der Waals surface area contributed by atoms with E-state index in [2.05, 4.69) is 6.08 Å². The number of carbonyl (C=O) groups is 2. The van der Waals surface area contributed by atoms with Gasteiger partial charge < -0.3 is 10.0 Å². The minimum atomic E-state index is -0.869. The number of carbonyl (C=O) groups excluding carboxylic acids is 1. The van der Waals surface area contributed by atoms with Gasteiger partial charge in [-0.1, -0.05) is 13.0 Å². The SMILES string of the molecule is CCCN(CC(=O)O)CC(=O)N(C1=CCCCC1)C1CC1. The molecule has 0 aromatic heterocycles. The van der Waals surface area contributed by atoms with Crippen molar-refractivity contribution >= 4 is 11.9 Å². The summed E-state index contributed by atoms with van der Waals surface area (Å²) in [6.45, 7) is 2.81. The van der Waals surface area contributed by atoms with Crippen molar-refractivity contribution in [2.75, 3.05) is 19.6 Å². The van der Waals surface area contributed by atoms with Gasteiger partial charge in [0, 0.05) is 11.7 Å². The lowest BCUT2D eigenvalue weighted by molar-refractivity contribution is -0.139. The van der Waals surface area contributed by atoms with Crippen molar-refractivity contribution in [3.8, 4) is 0 Å². The quantitative estimate of drug-likeness (QED) is 0.746. The predicted molar refractivity (Wildman–Crippen MR) is 80.8 cm³/mol. The monoisotopic (exact) mass is 294 g/mol. The lowest BCUT2D eigenvalue weighted by Gasteiger charge is -2.30. The summed E-state index contributed by atoms with van der Waals surface area (Å²) in [6.07, 6.45) is 9.60. The van der Waals surface area contributed by atoms with Gasteiger partial charge in [0.25, 0.3) is 0 Å². The Hall–Kier alpha value is -1.36. The van der Waals surface area contributed by atoms with Crippen LogP contribution >= 0.6 is 0 Å². The average molecular weight is 294 g/mol. The molecule has 2 rings (SSSR count). The normalized spacial score (nSPS) is 18.5. The van der Waals surface area contributed by atoms with Crippen LogP contribution in [0.2, 0.25) is 0 Å². The van der Waals surface area contributed by atoms with Crippen LogP contribution in [0.5, 0.6) is 0 Å². The first-order valence-electron chi connectivity index (χ1n) is 8.07. The van der Waals surface area contributed by atoms with E-state index in [-0.39, 0.29) is 19.0 Å². The zero-order valence-corrected chi connectivity index (χ0v) is 12.9. The van der Waals surface area contributed by atoms with Crippen LogP contribution in [0.15, 0.2) is 11.8 Å². The molecule has 1 N–H and O–H groups in total. The summed E-state index contributed by atoms with van der Waals surface area (Å²) in [5, 5.41) is 8.95. The molecule has 118 valence electrons. The van der Waals surface area contributed by atoms with E-state index in [9.17, 15) is 9.59 Å². The molecule has 1 amide bonds. The van der Waals surface area contributed by atoms with Gasteiger partial charge in [0.05, 0.1) is 13.1 Å². The highest BCUT2D eigenvalue weighted by Crippen LogP contribution is 2.33. The fourth-order valence-corrected chi connectivity index (χ4v) is 2.96. The molecule has 5 heteroatoms. The summed E-state index contributed by atoms with van der Waals surface area (Å²) in [7, 11) is 0. The fraction of sp³-hybridized carbons (Fsp3) is 0.750. The third kappa shape index (κ3) is 4.84. The molecule has 2 aliphatic carbocycles. The Morgan fingerprint density at radius 1 is 1.29 bits per heavy atom. The molecule has 0 radical (unpaired) electrons. The first-order chi connectivity index (χ1) is 10.1. The topological polar surface area (TPSA) is 60.9 Å². The van der Waals surface area contributed by atoms with Gasteiger partial charge in [0.2, 0.25) is 5.91 Å². The number of carboxylic acid groups (broad SMARTS) is 1. The van der Waals surface area contributed by atoms with Crippen LogP contribution in [0, 0.1) is 0 Å². The van der Waals surface area contributed by atoms with Crippen LogP contribution in [-0.2, 0) is 9.59 Å². The van der Waals surface area contributed by atoms with Crippen molar-refractivity contribution in [3.05, 3.63) is 11.8 Å². The van der Waals surface area contributed by atoms with Gasteiger partial charge in [-0.05, 0) is 51.5 Å². The van der Waals surface area contributed by atoms with Crippen molar-refractivity contribution in [2.24, 2.45) is 0 Å². The molecule has 0 heterocycles. The second-order valence-corrected chi connectivity index (χ2v) is 6.04. The van der Waals surface area contributed by atoms with E-state index in [4.69, 9.17) is 5.11 Å². The Bertz CT molecular complexity index is 416. The second-order valence-electron chi connectivity index (χ2n) is 6.04. The summed E-state index contributed by atoms with van der Waals surface area (Å²) in [4.78, 5) is 27.2. The van der Waals surface area contributed by atoms with E-state index in [1.165, 1.54) is 12.1 Å². The highest BCUT2D eigenvalue weighted by molar-refractivity contribution is 5.81. The van der Waals surface area contributed by atoms with Gasteiger partial charge in [-0.25, -0.2) is 0 Å². The molecule has 21 heavy (non-hydrogen) atoms. The van der Waals surface area contributed by atoms with Crippen molar-refractivity contribution in [2.45, 2.75) is 57.9 Å². The van der Waals surface area contributed by atoms with E-state index in [0.717, 1.165) is 38.5 Å². The third-order valence-corrected chi connectivity index (χ3v) is 4.01. The maximum Gasteiger partial charge on any atom is 0.317 e. The van der Waals surface area contributed by atoms with Gasteiger partial charge in [0.15, 0.2) is 0 Å². The van der Waals surface area contributed by atoms with Gasteiger partial charge in [0.1, 0.15) is 0 Å². The van der Waals surface area contributed by atoms with Crippen LogP contribution < -0.4 is 0 Å². The Morgan fingerprint density at radius 2 is 2.05 bits per heavy atom. The second kappa shape index (κ2) is 7.59. The summed E-state index contributed by atoms with van der Waals surface area (Å²) in [5.41, 5.74) is 1.17. The number of allylic oxidation sites excluding steroid dienone is 2. The van der Waals surface area contributed by atoms with Gasteiger partial charge in [-0.3, -0.25) is 14.5 Å². The predicted octanol–water partition coefficient (Wildman–Crippen LogP) is 2.23. The zero-order chi connectivity index (χ0) is 15.2.